The van der Waals surface area contributed by atoms with Crippen molar-refractivity contribution < 1.29 is 19.7 Å². The lowest BCUT2D eigenvalue weighted by atomic mass is 10.1. The summed E-state index contributed by atoms with van der Waals surface area (Å²) in [6.07, 6.45) is 0. The fourth-order valence-electron chi connectivity index (χ4n) is 2.59. The Morgan fingerprint density at radius 2 is 2.24 bits per heavy atom. The molecular weight excluding hydrogens is 272 g/mol. The number of aromatic carboxylic acids is 1. The number of hydrogen-bond acceptors (Lipinski definition) is 5. The standard InChI is InChI=1S/C15H16N2O4/c18-8-10-9-21-6-5-17(10)14-7-12(15(19)20)11-3-1-2-4-13(11)16-14/h1-4,7,10,18H,5-6,8-9H2,(H,19,20). The minimum absolute atomic E-state index is 0.0586. The lowest BCUT2D eigenvalue weighted by Crippen LogP contribution is -2.48. The van der Waals surface area contributed by atoms with Crippen LogP contribution >= 0.6 is 0 Å². The Kier molecular flexibility index (Phi) is 3.72. The van der Waals surface area contributed by atoms with Crippen molar-refractivity contribution in [1.29, 1.82) is 0 Å². The first kappa shape index (κ1) is 13.8. The minimum atomic E-state index is -0.983. The number of ether oxygens (including phenoxy) is 1. The third-order valence-electron chi connectivity index (χ3n) is 3.67. The lowest BCUT2D eigenvalue weighted by molar-refractivity contribution is 0.0698. The van der Waals surface area contributed by atoms with E-state index in [1.165, 1.54) is 0 Å². The molecule has 2 heterocycles. The maximum absolute atomic E-state index is 11.5. The van der Waals surface area contributed by atoms with Gasteiger partial charge in [0.05, 0.1) is 36.9 Å². The predicted molar refractivity (Wildman–Crippen MR) is 77.7 cm³/mol. The van der Waals surface area contributed by atoms with Gasteiger partial charge in [0, 0.05) is 11.9 Å². The molecular formula is C15H16N2O4. The first-order valence-electron chi connectivity index (χ1n) is 6.79. The Balaban J connectivity index is 2.12. The molecule has 1 atom stereocenters. The van der Waals surface area contributed by atoms with E-state index in [4.69, 9.17) is 4.74 Å². The highest BCUT2D eigenvalue weighted by atomic mass is 16.5. The Hall–Kier alpha value is -2.18. The van der Waals surface area contributed by atoms with Gasteiger partial charge in [-0.25, -0.2) is 9.78 Å². The molecule has 1 unspecified atom stereocenters. The number of carboxylic acids is 1. The number of morpholine rings is 1. The maximum atomic E-state index is 11.5. The SMILES string of the molecule is O=C(O)c1cc(N2CCOCC2CO)nc2ccccc12. The molecule has 1 aliphatic heterocycles. The second-order valence-corrected chi connectivity index (χ2v) is 4.96. The van der Waals surface area contributed by atoms with Gasteiger partial charge in [-0.1, -0.05) is 18.2 Å². The summed E-state index contributed by atoms with van der Waals surface area (Å²) in [5.41, 5.74) is 0.856. The Labute approximate surface area is 121 Å². The van der Waals surface area contributed by atoms with Crippen LogP contribution in [0, 0.1) is 0 Å². The molecule has 0 aliphatic carbocycles. The van der Waals surface area contributed by atoms with Crippen molar-refractivity contribution in [2.75, 3.05) is 31.3 Å². The summed E-state index contributed by atoms with van der Waals surface area (Å²) in [6, 6.07) is 8.53. The zero-order valence-corrected chi connectivity index (χ0v) is 11.4. The van der Waals surface area contributed by atoms with Gasteiger partial charge < -0.3 is 19.8 Å². The van der Waals surface area contributed by atoms with E-state index in [1.54, 1.807) is 24.3 Å². The van der Waals surface area contributed by atoms with Crippen molar-refractivity contribution in [3.05, 3.63) is 35.9 Å². The molecule has 1 saturated heterocycles. The monoisotopic (exact) mass is 288 g/mol. The van der Waals surface area contributed by atoms with Crippen LogP contribution in [0.25, 0.3) is 10.9 Å². The van der Waals surface area contributed by atoms with Crippen LogP contribution in [0.3, 0.4) is 0 Å². The van der Waals surface area contributed by atoms with E-state index >= 15 is 0 Å². The highest BCUT2D eigenvalue weighted by molar-refractivity contribution is 6.03. The van der Waals surface area contributed by atoms with Crippen molar-refractivity contribution in [1.82, 2.24) is 4.98 Å². The first-order chi connectivity index (χ1) is 10.2. The van der Waals surface area contributed by atoms with E-state index in [9.17, 15) is 15.0 Å². The molecule has 0 bridgehead atoms. The number of carboxylic acid groups (broad SMARTS) is 1. The maximum Gasteiger partial charge on any atom is 0.336 e. The second kappa shape index (κ2) is 5.67. The topological polar surface area (TPSA) is 82.9 Å². The summed E-state index contributed by atoms with van der Waals surface area (Å²) in [7, 11) is 0. The Bertz CT molecular complexity index is 674. The number of anilines is 1. The van der Waals surface area contributed by atoms with Gasteiger partial charge in [-0.3, -0.25) is 0 Å². The Morgan fingerprint density at radius 3 is 3.00 bits per heavy atom. The largest absolute Gasteiger partial charge is 0.478 e. The Morgan fingerprint density at radius 1 is 1.43 bits per heavy atom. The molecule has 6 nitrogen and oxygen atoms in total. The summed E-state index contributed by atoms with van der Waals surface area (Å²) in [6.45, 7) is 1.47. The fourth-order valence-corrected chi connectivity index (χ4v) is 2.59. The van der Waals surface area contributed by atoms with Crippen LogP contribution in [0.2, 0.25) is 0 Å². The number of aliphatic hydroxyl groups is 1. The molecule has 2 N–H and O–H groups in total. The molecule has 6 heteroatoms. The third-order valence-corrected chi connectivity index (χ3v) is 3.67. The van der Waals surface area contributed by atoms with E-state index in [1.807, 2.05) is 11.0 Å². The van der Waals surface area contributed by atoms with Crippen LogP contribution in [0.5, 0.6) is 0 Å². The van der Waals surface area contributed by atoms with Gasteiger partial charge in [-0.2, -0.15) is 0 Å². The van der Waals surface area contributed by atoms with E-state index in [0.29, 0.717) is 36.5 Å². The van der Waals surface area contributed by atoms with Gasteiger partial charge in [0.15, 0.2) is 0 Å². The fraction of sp³-hybridized carbons (Fsp3) is 0.333. The minimum Gasteiger partial charge on any atom is -0.478 e. The molecule has 2 aromatic rings. The summed E-state index contributed by atoms with van der Waals surface area (Å²) >= 11 is 0. The number of aromatic nitrogens is 1. The number of fused-ring (bicyclic) bond motifs is 1. The number of hydrogen-bond donors (Lipinski definition) is 2. The molecule has 1 aliphatic rings. The highest BCUT2D eigenvalue weighted by Crippen LogP contribution is 2.25. The van der Waals surface area contributed by atoms with Gasteiger partial charge in [-0.05, 0) is 12.1 Å². The summed E-state index contributed by atoms with van der Waals surface area (Å²) in [5, 5.41) is 19.5. The molecule has 3 rings (SSSR count). The molecule has 1 aromatic heterocycles. The number of nitrogens with zero attached hydrogens (tertiary/aromatic N) is 2. The van der Waals surface area contributed by atoms with Crippen molar-refractivity contribution in [2.24, 2.45) is 0 Å². The van der Waals surface area contributed by atoms with Crippen molar-refractivity contribution in [3.63, 3.8) is 0 Å². The van der Waals surface area contributed by atoms with Gasteiger partial charge in [0.2, 0.25) is 0 Å². The first-order valence-corrected chi connectivity index (χ1v) is 6.79. The molecule has 110 valence electrons. The van der Waals surface area contributed by atoms with E-state index in [-0.39, 0.29) is 18.2 Å². The molecule has 0 saturated carbocycles. The predicted octanol–water partition coefficient (Wildman–Crippen LogP) is 1.13. The summed E-state index contributed by atoms with van der Waals surface area (Å²) in [4.78, 5) is 17.9. The average Bonchev–Trinajstić information content (AvgIpc) is 2.53. The number of rotatable bonds is 3. The zero-order valence-electron chi connectivity index (χ0n) is 11.4. The molecule has 21 heavy (non-hydrogen) atoms. The number of para-hydroxylation sites is 1. The van der Waals surface area contributed by atoms with Crippen molar-refractivity contribution >= 4 is 22.7 Å². The highest BCUT2D eigenvalue weighted by Gasteiger charge is 2.25. The van der Waals surface area contributed by atoms with E-state index < -0.39 is 5.97 Å². The number of carbonyl (C=O) groups is 1. The second-order valence-electron chi connectivity index (χ2n) is 4.96. The number of pyridine rings is 1. The molecule has 1 aromatic carbocycles. The molecule has 0 radical (unpaired) electrons. The summed E-state index contributed by atoms with van der Waals surface area (Å²) < 4.78 is 5.34. The van der Waals surface area contributed by atoms with Gasteiger partial charge in [0.1, 0.15) is 5.82 Å². The smallest absolute Gasteiger partial charge is 0.336 e. The van der Waals surface area contributed by atoms with Crippen LogP contribution in [-0.2, 0) is 4.74 Å². The number of benzene rings is 1. The van der Waals surface area contributed by atoms with Crippen molar-refractivity contribution in [3.8, 4) is 0 Å². The third kappa shape index (κ3) is 2.55. The quantitative estimate of drug-likeness (QED) is 0.881. The van der Waals surface area contributed by atoms with E-state index in [2.05, 4.69) is 4.98 Å². The normalized spacial score (nSPS) is 18.9. The van der Waals surface area contributed by atoms with Crippen LogP contribution < -0.4 is 4.90 Å². The molecule has 1 fully saturated rings. The van der Waals surface area contributed by atoms with Crippen LogP contribution in [0.1, 0.15) is 10.4 Å². The van der Waals surface area contributed by atoms with Gasteiger partial charge in [-0.15, -0.1) is 0 Å². The molecule has 0 amide bonds. The average molecular weight is 288 g/mol. The zero-order chi connectivity index (χ0) is 14.8. The summed E-state index contributed by atoms with van der Waals surface area (Å²) in [5.74, 6) is -0.419. The lowest BCUT2D eigenvalue weighted by Gasteiger charge is -2.35. The van der Waals surface area contributed by atoms with Crippen LogP contribution in [0.15, 0.2) is 30.3 Å². The van der Waals surface area contributed by atoms with E-state index in [0.717, 1.165) is 0 Å². The van der Waals surface area contributed by atoms with Crippen molar-refractivity contribution in [2.45, 2.75) is 6.04 Å². The van der Waals surface area contributed by atoms with Crippen LogP contribution in [0.4, 0.5) is 5.82 Å². The van der Waals surface area contributed by atoms with Crippen LogP contribution in [-0.4, -0.2) is 53.6 Å². The molecule has 0 spiro atoms. The van der Waals surface area contributed by atoms with Gasteiger partial charge >= 0.3 is 5.97 Å². The number of aliphatic hydroxyl groups excluding tert-OH is 1. The van der Waals surface area contributed by atoms with Gasteiger partial charge in [0.25, 0.3) is 0 Å².